The van der Waals surface area contributed by atoms with Crippen molar-refractivity contribution in [2.75, 3.05) is 11.9 Å². The van der Waals surface area contributed by atoms with Crippen molar-refractivity contribution in [1.29, 1.82) is 0 Å². The average molecular weight is 336 g/mol. The molecule has 1 heterocycles. The van der Waals surface area contributed by atoms with Crippen LogP contribution >= 0.6 is 0 Å². The van der Waals surface area contributed by atoms with Gasteiger partial charge in [-0.15, -0.1) is 0 Å². The number of amides is 2. The molecule has 128 valence electrons. The summed E-state index contributed by atoms with van der Waals surface area (Å²) in [5.41, 5.74) is 2.62. The number of carbonyl (C=O) groups excluding carboxylic acids is 2. The summed E-state index contributed by atoms with van der Waals surface area (Å²) >= 11 is 0. The van der Waals surface area contributed by atoms with Crippen LogP contribution in [0, 0.1) is 0 Å². The molecule has 0 atom stereocenters. The van der Waals surface area contributed by atoms with E-state index in [9.17, 15) is 9.59 Å². The SMILES string of the molecule is CC(=O)N(CCC(=O)Nc1ccc2cn[nH]c2c1)Cc1ccccc1. The highest BCUT2D eigenvalue weighted by Gasteiger charge is 2.12. The van der Waals surface area contributed by atoms with E-state index in [0.29, 0.717) is 18.8 Å². The van der Waals surface area contributed by atoms with E-state index in [2.05, 4.69) is 15.5 Å². The van der Waals surface area contributed by atoms with E-state index in [-0.39, 0.29) is 18.2 Å². The van der Waals surface area contributed by atoms with Gasteiger partial charge in [-0.1, -0.05) is 30.3 Å². The average Bonchev–Trinajstić information content (AvgIpc) is 3.07. The highest BCUT2D eigenvalue weighted by atomic mass is 16.2. The number of aromatic nitrogens is 2. The summed E-state index contributed by atoms with van der Waals surface area (Å²) in [5, 5.41) is 10.7. The van der Waals surface area contributed by atoms with Crippen molar-refractivity contribution >= 4 is 28.4 Å². The highest BCUT2D eigenvalue weighted by Crippen LogP contribution is 2.16. The van der Waals surface area contributed by atoms with Gasteiger partial charge in [-0.05, 0) is 23.8 Å². The molecule has 0 aliphatic rings. The minimum absolute atomic E-state index is 0.0458. The number of H-pyrrole nitrogens is 1. The molecule has 2 aromatic carbocycles. The Hall–Kier alpha value is -3.15. The molecule has 0 fully saturated rings. The second kappa shape index (κ2) is 7.61. The van der Waals surface area contributed by atoms with Crippen LogP contribution in [0.2, 0.25) is 0 Å². The molecule has 2 amide bonds. The molecule has 3 aromatic rings. The van der Waals surface area contributed by atoms with Crippen LogP contribution in [0.3, 0.4) is 0 Å². The third-order valence-corrected chi connectivity index (χ3v) is 4.00. The van der Waals surface area contributed by atoms with Gasteiger partial charge in [0.25, 0.3) is 0 Å². The Kier molecular flexibility index (Phi) is 5.09. The maximum Gasteiger partial charge on any atom is 0.226 e. The van der Waals surface area contributed by atoms with Crippen molar-refractivity contribution in [3.63, 3.8) is 0 Å². The van der Waals surface area contributed by atoms with Gasteiger partial charge in [0, 0.05) is 37.5 Å². The van der Waals surface area contributed by atoms with Crippen molar-refractivity contribution < 1.29 is 9.59 Å². The van der Waals surface area contributed by atoms with Gasteiger partial charge in [0.2, 0.25) is 11.8 Å². The second-order valence-corrected chi connectivity index (χ2v) is 5.90. The molecule has 0 aliphatic carbocycles. The molecule has 0 saturated carbocycles. The fourth-order valence-corrected chi connectivity index (χ4v) is 2.63. The third-order valence-electron chi connectivity index (χ3n) is 4.00. The van der Waals surface area contributed by atoms with Crippen LogP contribution in [0.15, 0.2) is 54.7 Å². The molecule has 3 rings (SSSR count). The van der Waals surface area contributed by atoms with Gasteiger partial charge in [0.05, 0.1) is 11.7 Å². The Labute approximate surface area is 145 Å². The molecular weight excluding hydrogens is 316 g/mol. The van der Waals surface area contributed by atoms with E-state index in [1.807, 2.05) is 48.5 Å². The van der Waals surface area contributed by atoms with E-state index in [4.69, 9.17) is 0 Å². The number of benzene rings is 2. The Bertz CT molecular complexity index is 873. The number of fused-ring (bicyclic) bond motifs is 1. The lowest BCUT2D eigenvalue weighted by molar-refractivity contribution is -0.129. The molecule has 1 aromatic heterocycles. The van der Waals surface area contributed by atoms with Gasteiger partial charge in [-0.2, -0.15) is 5.10 Å². The first-order chi connectivity index (χ1) is 12.1. The molecule has 0 saturated heterocycles. The van der Waals surface area contributed by atoms with E-state index in [1.54, 1.807) is 11.1 Å². The Balaban J connectivity index is 1.56. The Morgan fingerprint density at radius 1 is 1.16 bits per heavy atom. The monoisotopic (exact) mass is 336 g/mol. The van der Waals surface area contributed by atoms with Gasteiger partial charge < -0.3 is 10.2 Å². The van der Waals surface area contributed by atoms with Crippen LogP contribution in [0.4, 0.5) is 5.69 Å². The van der Waals surface area contributed by atoms with E-state index in [1.165, 1.54) is 6.92 Å². The topological polar surface area (TPSA) is 78.1 Å². The zero-order valence-corrected chi connectivity index (χ0v) is 14.0. The predicted molar refractivity (Wildman–Crippen MR) is 96.9 cm³/mol. The maximum atomic E-state index is 12.2. The van der Waals surface area contributed by atoms with Gasteiger partial charge in [-0.3, -0.25) is 14.7 Å². The van der Waals surface area contributed by atoms with Crippen molar-refractivity contribution in [2.45, 2.75) is 19.9 Å². The minimum atomic E-state index is -0.127. The largest absolute Gasteiger partial charge is 0.338 e. The predicted octanol–water partition coefficient (Wildman–Crippen LogP) is 2.94. The molecule has 6 nitrogen and oxygen atoms in total. The summed E-state index contributed by atoms with van der Waals surface area (Å²) in [6, 6.07) is 15.3. The lowest BCUT2D eigenvalue weighted by Gasteiger charge is -2.21. The van der Waals surface area contributed by atoms with Crippen LogP contribution < -0.4 is 5.32 Å². The fraction of sp³-hybridized carbons (Fsp3) is 0.211. The van der Waals surface area contributed by atoms with Crippen LogP contribution in [-0.2, 0) is 16.1 Å². The second-order valence-electron chi connectivity index (χ2n) is 5.90. The number of nitrogens with zero attached hydrogens (tertiary/aromatic N) is 2. The number of hydrogen-bond donors (Lipinski definition) is 2. The number of rotatable bonds is 6. The zero-order chi connectivity index (χ0) is 17.6. The first-order valence-corrected chi connectivity index (χ1v) is 8.14. The van der Waals surface area contributed by atoms with E-state index in [0.717, 1.165) is 16.5 Å². The molecule has 6 heteroatoms. The minimum Gasteiger partial charge on any atom is -0.338 e. The lowest BCUT2D eigenvalue weighted by atomic mass is 10.2. The Morgan fingerprint density at radius 2 is 1.96 bits per heavy atom. The molecule has 0 aliphatic heterocycles. The molecule has 0 radical (unpaired) electrons. The van der Waals surface area contributed by atoms with Crippen LogP contribution in [0.1, 0.15) is 18.9 Å². The number of aromatic amines is 1. The molecule has 25 heavy (non-hydrogen) atoms. The number of hydrogen-bond acceptors (Lipinski definition) is 3. The van der Waals surface area contributed by atoms with Gasteiger partial charge in [0.1, 0.15) is 0 Å². The summed E-state index contributed by atoms with van der Waals surface area (Å²) in [6.07, 6.45) is 1.97. The summed E-state index contributed by atoms with van der Waals surface area (Å²) in [6.45, 7) is 2.40. The maximum absolute atomic E-state index is 12.2. The third kappa shape index (κ3) is 4.44. The normalized spacial score (nSPS) is 10.6. The Morgan fingerprint density at radius 3 is 2.72 bits per heavy atom. The number of nitrogens with one attached hydrogen (secondary N) is 2. The molecule has 0 unspecified atom stereocenters. The smallest absolute Gasteiger partial charge is 0.226 e. The molecular formula is C19H20N4O2. The molecule has 0 bridgehead atoms. The number of carbonyl (C=O) groups is 2. The fourth-order valence-electron chi connectivity index (χ4n) is 2.63. The van der Waals surface area contributed by atoms with Crippen molar-refractivity contribution in [2.24, 2.45) is 0 Å². The lowest BCUT2D eigenvalue weighted by Crippen LogP contribution is -2.31. The summed E-state index contributed by atoms with van der Waals surface area (Å²) in [4.78, 5) is 25.7. The summed E-state index contributed by atoms with van der Waals surface area (Å²) < 4.78 is 0. The van der Waals surface area contributed by atoms with Crippen LogP contribution in [0.25, 0.3) is 10.9 Å². The highest BCUT2D eigenvalue weighted by molar-refractivity contribution is 5.93. The first-order valence-electron chi connectivity index (χ1n) is 8.14. The molecule has 0 spiro atoms. The standard InChI is InChI=1S/C19H20N4O2/c1-14(24)23(13-15-5-3-2-4-6-15)10-9-19(25)21-17-8-7-16-12-20-22-18(16)11-17/h2-8,11-12H,9-10,13H2,1H3,(H,20,22)(H,21,25). The van der Waals surface area contributed by atoms with Crippen molar-refractivity contribution in [3.8, 4) is 0 Å². The van der Waals surface area contributed by atoms with Gasteiger partial charge >= 0.3 is 0 Å². The number of anilines is 1. The quantitative estimate of drug-likeness (QED) is 0.726. The summed E-state index contributed by atoms with van der Waals surface area (Å²) in [7, 11) is 0. The van der Waals surface area contributed by atoms with E-state index < -0.39 is 0 Å². The van der Waals surface area contributed by atoms with Crippen molar-refractivity contribution in [1.82, 2.24) is 15.1 Å². The van der Waals surface area contributed by atoms with Crippen LogP contribution in [-0.4, -0.2) is 33.5 Å². The van der Waals surface area contributed by atoms with Crippen molar-refractivity contribution in [3.05, 3.63) is 60.3 Å². The zero-order valence-electron chi connectivity index (χ0n) is 14.0. The first kappa shape index (κ1) is 16.7. The summed E-state index contributed by atoms with van der Waals surface area (Å²) in [5.74, 6) is -0.172. The van der Waals surface area contributed by atoms with Gasteiger partial charge in [0.15, 0.2) is 0 Å². The van der Waals surface area contributed by atoms with Crippen LogP contribution in [0.5, 0.6) is 0 Å². The molecule has 2 N–H and O–H groups in total. The van der Waals surface area contributed by atoms with Gasteiger partial charge in [-0.25, -0.2) is 0 Å². The van der Waals surface area contributed by atoms with E-state index >= 15 is 0 Å².